The molecule has 2 aromatic rings. The molecule has 1 amide bonds. The average Bonchev–Trinajstić information content (AvgIpc) is 2.80. The van der Waals surface area contributed by atoms with Crippen LogP contribution in [0.1, 0.15) is 39.7 Å². The molecule has 0 spiro atoms. The van der Waals surface area contributed by atoms with Crippen molar-refractivity contribution in [1.29, 1.82) is 0 Å². The van der Waals surface area contributed by atoms with Gasteiger partial charge in [-0.1, -0.05) is 13.3 Å². The van der Waals surface area contributed by atoms with Crippen LogP contribution in [0.2, 0.25) is 0 Å². The van der Waals surface area contributed by atoms with Gasteiger partial charge in [-0.15, -0.1) is 0 Å². The number of benzene rings is 1. The van der Waals surface area contributed by atoms with Gasteiger partial charge in [-0.05, 0) is 38.5 Å². The topological polar surface area (TPSA) is 72.9 Å². The third kappa shape index (κ3) is 2.92. The zero-order valence-corrected chi connectivity index (χ0v) is 12.3. The highest BCUT2D eigenvalue weighted by atomic mass is 16.2. The normalized spacial score (nSPS) is 14.2. The van der Waals surface area contributed by atoms with Crippen LogP contribution < -0.4 is 11.1 Å². The van der Waals surface area contributed by atoms with E-state index >= 15 is 0 Å². The van der Waals surface area contributed by atoms with E-state index in [1.54, 1.807) is 10.9 Å². The van der Waals surface area contributed by atoms with E-state index in [0.29, 0.717) is 5.69 Å². The maximum absolute atomic E-state index is 12.3. The van der Waals surface area contributed by atoms with E-state index in [2.05, 4.69) is 17.3 Å². The molecular weight excluding hydrogens is 252 g/mol. The van der Waals surface area contributed by atoms with Crippen molar-refractivity contribution in [3.05, 3.63) is 24.4 Å². The van der Waals surface area contributed by atoms with E-state index in [4.69, 9.17) is 5.73 Å². The second-order valence-corrected chi connectivity index (χ2v) is 5.28. The number of carbonyl (C=O) groups is 1. The second-order valence-electron chi connectivity index (χ2n) is 5.28. The van der Waals surface area contributed by atoms with Crippen LogP contribution in [-0.2, 0) is 4.79 Å². The quantitative estimate of drug-likeness (QED) is 0.823. The van der Waals surface area contributed by atoms with Gasteiger partial charge < -0.3 is 11.1 Å². The summed E-state index contributed by atoms with van der Waals surface area (Å²) in [7, 11) is 0. The molecule has 1 aromatic heterocycles. The summed E-state index contributed by atoms with van der Waals surface area (Å²) >= 11 is 0. The van der Waals surface area contributed by atoms with Gasteiger partial charge in [0.1, 0.15) is 6.04 Å². The van der Waals surface area contributed by atoms with Crippen LogP contribution in [0.4, 0.5) is 5.69 Å². The fraction of sp³-hybridized carbons (Fsp3) is 0.467. The zero-order valence-electron chi connectivity index (χ0n) is 12.3. The van der Waals surface area contributed by atoms with Crippen molar-refractivity contribution in [2.45, 2.75) is 45.7 Å². The summed E-state index contributed by atoms with van der Waals surface area (Å²) in [5.41, 5.74) is 7.36. The molecule has 108 valence electrons. The van der Waals surface area contributed by atoms with Crippen LogP contribution in [0, 0.1) is 0 Å². The Morgan fingerprint density at radius 1 is 1.45 bits per heavy atom. The number of hydrogen-bond acceptors (Lipinski definition) is 3. The number of fused-ring (bicyclic) bond motifs is 1. The van der Waals surface area contributed by atoms with Gasteiger partial charge in [0.2, 0.25) is 5.91 Å². The maximum Gasteiger partial charge on any atom is 0.244 e. The summed E-state index contributed by atoms with van der Waals surface area (Å²) in [6.45, 7) is 5.98. The number of nitrogen functional groups attached to an aromatic ring is 1. The van der Waals surface area contributed by atoms with Crippen molar-refractivity contribution < 1.29 is 4.79 Å². The second kappa shape index (κ2) is 5.94. The van der Waals surface area contributed by atoms with Gasteiger partial charge in [0.25, 0.3) is 0 Å². The highest BCUT2D eigenvalue weighted by Gasteiger charge is 2.19. The number of amides is 1. The first kappa shape index (κ1) is 14.4. The van der Waals surface area contributed by atoms with Crippen molar-refractivity contribution in [1.82, 2.24) is 15.1 Å². The average molecular weight is 274 g/mol. The predicted molar refractivity (Wildman–Crippen MR) is 81.4 cm³/mol. The number of nitrogens with two attached hydrogens (primary N) is 1. The van der Waals surface area contributed by atoms with Gasteiger partial charge in [-0.25, -0.2) is 0 Å². The molecule has 1 heterocycles. The van der Waals surface area contributed by atoms with Gasteiger partial charge in [-0.2, -0.15) is 5.10 Å². The summed E-state index contributed by atoms with van der Waals surface area (Å²) < 4.78 is 1.72. The first-order valence-electron chi connectivity index (χ1n) is 7.06. The van der Waals surface area contributed by atoms with E-state index in [-0.39, 0.29) is 18.0 Å². The third-order valence-electron chi connectivity index (χ3n) is 3.48. The van der Waals surface area contributed by atoms with Crippen molar-refractivity contribution >= 4 is 22.5 Å². The van der Waals surface area contributed by atoms with E-state index in [9.17, 15) is 4.79 Å². The summed E-state index contributed by atoms with van der Waals surface area (Å²) in [4.78, 5) is 12.3. The molecular formula is C15H22N4O. The van der Waals surface area contributed by atoms with Gasteiger partial charge >= 0.3 is 0 Å². The first-order chi connectivity index (χ1) is 9.52. The highest BCUT2D eigenvalue weighted by Crippen LogP contribution is 2.20. The Morgan fingerprint density at radius 3 is 2.90 bits per heavy atom. The molecule has 0 aliphatic heterocycles. The number of hydrogen-bond donors (Lipinski definition) is 2. The maximum atomic E-state index is 12.3. The minimum absolute atomic E-state index is 0.0154. The molecule has 0 aliphatic carbocycles. The molecule has 0 radical (unpaired) electrons. The lowest BCUT2D eigenvalue weighted by atomic mass is 10.2. The zero-order chi connectivity index (χ0) is 14.7. The van der Waals surface area contributed by atoms with Gasteiger partial charge in [0, 0.05) is 17.1 Å². The fourth-order valence-electron chi connectivity index (χ4n) is 2.34. The Hall–Kier alpha value is -2.04. The number of anilines is 1. The molecule has 2 rings (SSSR count). The summed E-state index contributed by atoms with van der Waals surface area (Å²) in [6.07, 6.45) is 3.79. The van der Waals surface area contributed by atoms with Gasteiger partial charge in [0.15, 0.2) is 0 Å². The molecule has 0 fully saturated rings. The predicted octanol–water partition coefficient (Wildman–Crippen LogP) is 2.48. The fourth-order valence-corrected chi connectivity index (χ4v) is 2.34. The number of rotatable bonds is 5. The molecule has 5 heteroatoms. The Kier molecular flexibility index (Phi) is 4.27. The van der Waals surface area contributed by atoms with Crippen molar-refractivity contribution in [3.63, 3.8) is 0 Å². The molecule has 0 aliphatic rings. The molecule has 0 saturated heterocycles. The van der Waals surface area contributed by atoms with Crippen LogP contribution in [-0.4, -0.2) is 21.7 Å². The lowest BCUT2D eigenvalue weighted by molar-refractivity contribution is -0.124. The number of carbonyl (C=O) groups excluding carboxylic acids is 1. The molecule has 5 nitrogen and oxygen atoms in total. The summed E-state index contributed by atoms with van der Waals surface area (Å²) in [5, 5.41) is 8.31. The van der Waals surface area contributed by atoms with Crippen molar-refractivity contribution in [2.75, 3.05) is 5.73 Å². The minimum Gasteiger partial charge on any atom is -0.399 e. The molecule has 0 bridgehead atoms. The van der Waals surface area contributed by atoms with E-state index in [0.717, 1.165) is 23.7 Å². The SMILES string of the molecule is CCCC(C)NC(=O)C(C)n1ncc2ccc(N)cc21. The first-order valence-corrected chi connectivity index (χ1v) is 7.06. The lowest BCUT2D eigenvalue weighted by Crippen LogP contribution is -2.37. The summed E-state index contributed by atoms with van der Waals surface area (Å²) in [6, 6.07) is 5.43. The summed E-state index contributed by atoms with van der Waals surface area (Å²) in [5.74, 6) is -0.0154. The van der Waals surface area contributed by atoms with E-state index < -0.39 is 0 Å². The molecule has 3 N–H and O–H groups in total. The number of nitrogens with zero attached hydrogens (tertiary/aromatic N) is 2. The molecule has 2 atom stereocenters. The van der Waals surface area contributed by atoms with Crippen LogP contribution >= 0.6 is 0 Å². The number of aromatic nitrogens is 2. The number of nitrogens with one attached hydrogen (secondary N) is 1. The van der Waals surface area contributed by atoms with Crippen LogP contribution in [0.5, 0.6) is 0 Å². The van der Waals surface area contributed by atoms with Gasteiger partial charge in [-0.3, -0.25) is 9.48 Å². The molecule has 0 saturated carbocycles. The van der Waals surface area contributed by atoms with Crippen LogP contribution in [0.25, 0.3) is 10.9 Å². The Labute approximate surface area is 119 Å². The van der Waals surface area contributed by atoms with E-state index in [1.807, 2.05) is 32.0 Å². The monoisotopic (exact) mass is 274 g/mol. The largest absolute Gasteiger partial charge is 0.399 e. The standard InChI is InChI=1S/C15H22N4O/c1-4-5-10(2)18-15(20)11(3)19-14-8-13(16)7-6-12(14)9-17-19/h6-11H,4-5,16H2,1-3H3,(H,18,20). The Morgan fingerprint density at radius 2 is 2.20 bits per heavy atom. The third-order valence-corrected chi connectivity index (χ3v) is 3.48. The molecule has 1 aromatic carbocycles. The van der Waals surface area contributed by atoms with Crippen LogP contribution in [0.15, 0.2) is 24.4 Å². The lowest BCUT2D eigenvalue weighted by Gasteiger charge is -2.18. The smallest absolute Gasteiger partial charge is 0.244 e. The van der Waals surface area contributed by atoms with Crippen LogP contribution in [0.3, 0.4) is 0 Å². The minimum atomic E-state index is -0.353. The Balaban J connectivity index is 2.20. The molecule has 2 unspecified atom stereocenters. The van der Waals surface area contributed by atoms with Crippen molar-refractivity contribution in [2.24, 2.45) is 0 Å². The molecule has 20 heavy (non-hydrogen) atoms. The Bertz CT molecular complexity index is 605. The van der Waals surface area contributed by atoms with E-state index in [1.165, 1.54) is 0 Å². The van der Waals surface area contributed by atoms with Gasteiger partial charge in [0.05, 0.1) is 11.7 Å². The highest BCUT2D eigenvalue weighted by molar-refractivity contribution is 5.86. The van der Waals surface area contributed by atoms with Crippen molar-refractivity contribution in [3.8, 4) is 0 Å².